The van der Waals surface area contributed by atoms with E-state index in [0.29, 0.717) is 12.5 Å². The minimum atomic E-state index is 0.0372. The zero-order valence-corrected chi connectivity index (χ0v) is 9.49. The first-order chi connectivity index (χ1) is 6.18. The van der Waals surface area contributed by atoms with Gasteiger partial charge in [-0.1, -0.05) is 13.8 Å². The molecule has 1 saturated heterocycles. The second-order valence-corrected chi connectivity index (χ2v) is 5.55. The second-order valence-electron chi connectivity index (χ2n) is 4.33. The van der Waals surface area contributed by atoms with Gasteiger partial charge in [0.15, 0.2) is 0 Å². The van der Waals surface area contributed by atoms with E-state index in [-0.39, 0.29) is 5.54 Å². The molecule has 0 atom stereocenters. The molecule has 0 unspecified atom stereocenters. The van der Waals surface area contributed by atoms with Gasteiger partial charge in [0.05, 0.1) is 6.61 Å². The molecule has 0 bridgehead atoms. The molecule has 78 valence electrons. The van der Waals surface area contributed by atoms with Crippen molar-refractivity contribution < 1.29 is 5.11 Å². The highest BCUT2D eigenvalue weighted by Crippen LogP contribution is 2.26. The van der Waals surface area contributed by atoms with Gasteiger partial charge in [-0.15, -0.1) is 0 Å². The van der Waals surface area contributed by atoms with Crippen molar-refractivity contribution >= 4 is 11.8 Å². The fourth-order valence-electron chi connectivity index (χ4n) is 1.57. The molecule has 2 N–H and O–H groups in total. The van der Waals surface area contributed by atoms with Crippen molar-refractivity contribution in [3.05, 3.63) is 0 Å². The molecule has 13 heavy (non-hydrogen) atoms. The van der Waals surface area contributed by atoms with Gasteiger partial charge in [-0.25, -0.2) is 0 Å². The molecule has 0 spiro atoms. The Balaban J connectivity index is 2.38. The van der Waals surface area contributed by atoms with E-state index >= 15 is 0 Å². The van der Waals surface area contributed by atoms with Gasteiger partial charge in [0, 0.05) is 5.54 Å². The Morgan fingerprint density at radius 2 is 2.00 bits per heavy atom. The first-order valence-corrected chi connectivity index (χ1v) is 6.28. The van der Waals surface area contributed by atoms with E-state index in [0.717, 1.165) is 19.4 Å². The fraction of sp³-hybridized carbons (Fsp3) is 1.00. The van der Waals surface area contributed by atoms with Crippen LogP contribution in [0.1, 0.15) is 26.7 Å². The Kier molecular flexibility index (Phi) is 4.56. The van der Waals surface area contributed by atoms with Crippen molar-refractivity contribution in [2.45, 2.75) is 32.2 Å². The maximum atomic E-state index is 9.38. The van der Waals surface area contributed by atoms with Crippen LogP contribution in [0, 0.1) is 5.92 Å². The third kappa shape index (κ3) is 3.49. The molecular weight excluding hydrogens is 182 g/mol. The Bertz CT molecular complexity index is 144. The van der Waals surface area contributed by atoms with Gasteiger partial charge in [-0.05, 0) is 36.8 Å². The molecular formula is C10H21NOS. The second kappa shape index (κ2) is 5.23. The molecule has 1 heterocycles. The quantitative estimate of drug-likeness (QED) is 0.726. The highest BCUT2D eigenvalue weighted by atomic mass is 32.2. The van der Waals surface area contributed by atoms with Gasteiger partial charge >= 0.3 is 0 Å². The lowest BCUT2D eigenvalue weighted by atomic mass is 9.92. The molecule has 0 saturated carbocycles. The lowest BCUT2D eigenvalue weighted by molar-refractivity contribution is 0.147. The maximum absolute atomic E-state index is 9.38. The summed E-state index contributed by atoms with van der Waals surface area (Å²) in [6.45, 7) is 5.72. The zero-order chi connectivity index (χ0) is 9.73. The summed E-state index contributed by atoms with van der Waals surface area (Å²) in [5.74, 6) is 3.04. The predicted octanol–water partition coefficient (Wildman–Crippen LogP) is 1.49. The molecule has 1 aliphatic heterocycles. The molecule has 0 aliphatic carbocycles. The van der Waals surface area contributed by atoms with Crippen LogP contribution < -0.4 is 5.32 Å². The standard InChI is InChI=1S/C10H21NOS/c1-9(2)7-11-10(8-12)3-5-13-6-4-10/h9,11-12H,3-8H2,1-2H3. The lowest BCUT2D eigenvalue weighted by Gasteiger charge is -2.37. The van der Waals surface area contributed by atoms with Crippen molar-refractivity contribution in [1.82, 2.24) is 5.32 Å². The minimum absolute atomic E-state index is 0.0372. The van der Waals surface area contributed by atoms with E-state index in [1.807, 2.05) is 11.8 Å². The van der Waals surface area contributed by atoms with Crippen LogP contribution in [0.25, 0.3) is 0 Å². The molecule has 0 aromatic heterocycles. The van der Waals surface area contributed by atoms with E-state index < -0.39 is 0 Å². The van der Waals surface area contributed by atoms with Crippen LogP contribution in [0.4, 0.5) is 0 Å². The van der Waals surface area contributed by atoms with Crippen molar-refractivity contribution in [2.75, 3.05) is 24.7 Å². The molecule has 0 aromatic rings. The number of rotatable bonds is 4. The normalized spacial score (nSPS) is 22.2. The Labute approximate surface area is 85.5 Å². The third-order valence-corrected chi connectivity index (χ3v) is 3.62. The van der Waals surface area contributed by atoms with Crippen LogP contribution in [-0.2, 0) is 0 Å². The molecule has 0 radical (unpaired) electrons. The SMILES string of the molecule is CC(C)CNC1(CO)CCSCC1. The number of nitrogens with one attached hydrogen (secondary N) is 1. The summed E-state index contributed by atoms with van der Waals surface area (Å²) >= 11 is 2.00. The fourth-order valence-corrected chi connectivity index (χ4v) is 2.85. The average molecular weight is 203 g/mol. The van der Waals surface area contributed by atoms with Crippen LogP contribution in [0.5, 0.6) is 0 Å². The number of aliphatic hydroxyl groups is 1. The van der Waals surface area contributed by atoms with Crippen molar-refractivity contribution in [3.8, 4) is 0 Å². The first kappa shape index (κ1) is 11.3. The molecule has 0 aromatic carbocycles. The number of hydrogen-bond acceptors (Lipinski definition) is 3. The summed E-state index contributed by atoms with van der Waals surface area (Å²) in [4.78, 5) is 0. The molecule has 1 fully saturated rings. The monoisotopic (exact) mass is 203 g/mol. The summed E-state index contributed by atoms with van der Waals surface area (Å²) in [7, 11) is 0. The summed E-state index contributed by atoms with van der Waals surface area (Å²) < 4.78 is 0. The van der Waals surface area contributed by atoms with Crippen molar-refractivity contribution in [1.29, 1.82) is 0 Å². The van der Waals surface area contributed by atoms with Crippen molar-refractivity contribution in [2.24, 2.45) is 5.92 Å². The van der Waals surface area contributed by atoms with Gasteiger partial charge in [-0.2, -0.15) is 11.8 Å². The maximum Gasteiger partial charge on any atom is 0.0613 e. The van der Waals surface area contributed by atoms with Gasteiger partial charge in [-0.3, -0.25) is 0 Å². The van der Waals surface area contributed by atoms with Gasteiger partial charge in [0.2, 0.25) is 0 Å². The Morgan fingerprint density at radius 1 is 1.38 bits per heavy atom. The Morgan fingerprint density at radius 3 is 2.46 bits per heavy atom. The number of hydrogen-bond donors (Lipinski definition) is 2. The van der Waals surface area contributed by atoms with E-state index in [4.69, 9.17) is 0 Å². The van der Waals surface area contributed by atoms with E-state index in [1.54, 1.807) is 0 Å². The van der Waals surface area contributed by atoms with Gasteiger partial charge < -0.3 is 10.4 Å². The predicted molar refractivity (Wildman–Crippen MR) is 59.2 cm³/mol. The van der Waals surface area contributed by atoms with E-state index in [2.05, 4.69) is 19.2 Å². The lowest BCUT2D eigenvalue weighted by Crippen LogP contribution is -2.52. The van der Waals surface area contributed by atoms with Gasteiger partial charge in [0.1, 0.15) is 0 Å². The summed E-state index contributed by atoms with van der Waals surface area (Å²) in [5, 5.41) is 12.9. The highest BCUT2D eigenvalue weighted by molar-refractivity contribution is 7.99. The Hall–Kier alpha value is 0.270. The molecule has 2 nitrogen and oxygen atoms in total. The third-order valence-electron chi connectivity index (χ3n) is 2.64. The molecule has 1 rings (SSSR count). The zero-order valence-electron chi connectivity index (χ0n) is 8.68. The molecule has 1 aliphatic rings. The van der Waals surface area contributed by atoms with Crippen LogP contribution in [0.15, 0.2) is 0 Å². The largest absolute Gasteiger partial charge is 0.394 e. The smallest absolute Gasteiger partial charge is 0.0613 e. The van der Waals surface area contributed by atoms with Crippen LogP contribution in [-0.4, -0.2) is 35.3 Å². The van der Waals surface area contributed by atoms with E-state index in [9.17, 15) is 5.11 Å². The summed E-state index contributed by atoms with van der Waals surface area (Å²) in [6, 6.07) is 0. The molecule has 0 amide bonds. The first-order valence-electron chi connectivity index (χ1n) is 5.12. The van der Waals surface area contributed by atoms with Crippen LogP contribution in [0.2, 0.25) is 0 Å². The van der Waals surface area contributed by atoms with Crippen molar-refractivity contribution in [3.63, 3.8) is 0 Å². The minimum Gasteiger partial charge on any atom is -0.394 e. The van der Waals surface area contributed by atoms with E-state index in [1.165, 1.54) is 11.5 Å². The van der Waals surface area contributed by atoms with Gasteiger partial charge in [0.25, 0.3) is 0 Å². The topological polar surface area (TPSA) is 32.3 Å². The highest BCUT2D eigenvalue weighted by Gasteiger charge is 2.30. The summed E-state index contributed by atoms with van der Waals surface area (Å²) in [6.07, 6.45) is 2.22. The number of thioether (sulfide) groups is 1. The summed E-state index contributed by atoms with van der Waals surface area (Å²) in [5.41, 5.74) is 0.0372. The number of aliphatic hydroxyl groups excluding tert-OH is 1. The average Bonchev–Trinajstić information content (AvgIpc) is 2.16. The van der Waals surface area contributed by atoms with Crippen LogP contribution in [0.3, 0.4) is 0 Å². The molecule has 3 heteroatoms. The van der Waals surface area contributed by atoms with Crippen LogP contribution >= 0.6 is 11.8 Å².